The predicted octanol–water partition coefficient (Wildman–Crippen LogP) is 1.94. The van der Waals surface area contributed by atoms with Crippen LogP contribution in [0.4, 0.5) is 5.69 Å². The van der Waals surface area contributed by atoms with E-state index in [9.17, 15) is 20.2 Å². The van der Waals surface area contributed by atoms with Gasteiger partial charge in [-0.25, -0.2) is 5.01 Å². The number of nitro groups is 1. The minimum Gasteiger partial charge on any atom is -0.383 e. The molecule has 0 amide bonds. The molecule has 1 aromatic rings. The van der Waals surface area contributed by atoms with Crippen molar-refractivity contribution in [1.82, 2.24) is 10.0 Å². The number of ketones is 1. The van der Waals surface area contributed by atoms with Gasteiger partial charge in [-0.15, -0.1) is 0 Å². The van der Waals surface area contributed by atoms with Crippen LogP contribution >= 0.6 is 0 Å². The van der Waals surface area contributed by atoms with Crippen molar-refractivity contribution in [1.29, 1.82) is 5.26 Å². The number of nitrogens with two attached hydrogens (primary N) is 1. The standard InChI is InChI=1S/C20H21N5O4/c21-12-15-18(13-3-1-4-14(11-13)25(27)28)19-16(5-2-6-17(19)26)24(20(15)22)23-7-9-29-10-8-23/h1,3-4,11,18H,2,5-10,22H2. The Morgan fingerprint density at radius 2 is 2.03 bits per heavy atom. The van der Waals surface area contributed by atoms with Crippen molar-refractivity contribution >= 4 is 11.5 Å². The number of carbonyl (C=O) groups excluding carboxylic acids is 1. The summed E-state index contributed by atoms with van der Waals surface area (Å²) in [6, 6.07) is 8.27. The van der Waals surface area contributed by atoms with Crippen LogP contribution in [0.5, 0.6) is 0 Å². The second kappa shape index (κ2) is 7.66. The number of nitro benzene ring substituents is 1. The zero-order valence-corrected chi connectivity index (χ0v) is 15.8. The first-order valence-electron chi connectivity index (χ1n) is 9.56. The molecule has 0 aromatic heterocycles. The number of benzene rings is 1. The fourth-order valence-electron chi connectivity index (χ4n) is 4.30. The fraction of sp³-hybridized carbons (Fsp3) is 0.400. The Morgan fingerprint density at radius 1 is 1.28 bits per heavy atom. The zero-order chi connectivity index (χ0) is 20.5. The highest BCUT2D eigenvalue weighted by Gasteiger charge is 2.42. The van der Waals surface area contributed by atoms with E-state index >= 15 is 0 Å². The lowest BCUT2D eigenvalue weighted by atomic mass is 9.76. The average molecular weight is 395 g/mol. The average Bonchev–Trinajstić information content (AvgIpc) is 2.74. The van der Waals surface area contributed by atoms with Crippen molar-refractivity contribution in [2.45, 2.75) is 25.2 Å². The summed E-state index contributed by atoms with van der Waals surface area (Å²) in [6.07, 6.45) is 1.75. The van der Waals surface area contributed by atoms with Crippen LogP contribution in [0.1, 0.15) is 30.7 Å². The molecule has 0 radical (unpaired) electrons. The molecule has 1 aromatic carbocycles. The number of morpholine rings is 1. The fourth-order valence-corrected chi connectivity index (χ4v) is 4.30. The van der Waals surface area contributed by atoms with Crippen molar-refractivity contribution in [3.05, 3.63) is 62.6 Å². The van der Waals surface area contributed by atoms with E-state index in [-0.39, 0.29) is 22.9 Å². The molecular formula is C20H21N5O4. The highest BCUT2D eigenvalue weighted by Crippen LogP contribution is 2.45. The number of carbonyl (C=O) groups is 1. The zero-order valence-electron chi connectivity index (χ0n) is 15.8. The molecule has 1 atom stereocenters. The van der Waals surface area contributed by atoms with Gasteiger partial charge in [-0.3, -0.25) is 19.9 Å². The molecule has 4 rings (SSSR count). The summed E-state index contributed by atoms with van der Waals surface area (Å²) >= 11 is 0. The summed E-state index contributed by atoms with van der Waals surface area (Å²) in [7, 11) is 0. The smallest absolute Gasteiger partial charge is 0.269 e. The van der Waals surface area contributed by atoms with Gasteiger partial charge in [0.25, 0.3) is 5.69 Å². The molecule has 3 aliphatic rings. The van der Waals surface area contributed by atoms with Crippen molar-refractivity contribution in [3.8, 4) is 6.07 Å². The normalized spacial score (nSPS) is 23.1. The van der Waals surface area contributed by atoms with E-state index in [1.54, 1.807) is 17.1 Å². The van der Waals surface area contributed by atoms with Crippen LogP contribution in [-0.4, -0.2) is 47.0 Å². The number of allylic oxidation sites excluding steroid dienone is 3. The Balaban J connectivity index is 1.89. The second-order valence-corrected chi connectivity index (χ2v) is 7.21. The molecule has 2 heterocycles. The van der Waals surface area contributed by atoms with E-state index in [1.807, 2.05) is 5.01 Å². The molecule has 0 bridgehead atoms. The molecule has 1 fully saturated rings. The van der Waals surface area contributed by atoms with Gasteiger partial charge in [0, 0.05) is 42.9 Å². The number of nitrogens with zero attached hydrogens (tertiary/aromatic N) is 4. The lowest BCUT2D eigenvalue weighted by Crippen LogP contribution is -2.52. The topological polar surface area (TPSA) is 126 Å². The molecule has 1 unspecified atom stereocenters. The molecular weight excluding hydrogens is 374 g/mol. The van der Waals surface area contributed by atoms with E-state index in [1.165, 1.54) is 12.1 Å². The molecule has 1 saturated heterocycles. The summed E-state index contributed by atoms with van der Waals surface area (Å²) in [6.45, 7) is 2.28. The molecule has 9 heteroatoms. The van der Waals surface area contributed by atoms with Gasteiger partial charge < -0.3 is 10.5 Å². The van der Waals surface area contributed by atoms with Crippen LogP contribution in [0, 0.1) is 21.4 Å². The summed E-state index contributed by atoms with van der Waals surface area (Å²) in [5.41, 5.74) is 8.46. The van der Waals surface area contributed by atoms with Gasteiger partial charge in [-0.1, -0.05) is 12.1 Å². The monoisotopic (exact) mass is 395 g/mol. The van der Waals surface area contributed by atoms with Crippen LogP contribution in [0.15, 0.2) is 46.9 Å². The summed E-state index contributed by atoms with van der Waals surface area (Å²) in [4.78, 5) is 23.8. The van der Waals surface area contributed by atoms with E-state index in [4.69, 9.17) is 10.5 Å². The molecule has 1 aliphatic carbocycles. The summed E-state index contributed by atoms with van der Waals surface area (Å²) < 4.78 is 5.43. The van der Waals surface area contributed by atoms with Gasteiger partial charge in [0.05, 0.1) is 35.7 Å². The first kappa shape index (κ1) is 19.1. The van der Waals surface area contributed by atoms with Gasteiger partial charge in [0.1, 0.15) is 5.82 Å². The van der Waals surface area contributed by atoms with Gasteiger partial charge in [-0.2, -0.15) is 5.26 Å². The highest BCUT2D eigenvalue weighted by molar-refractivity contribution is 5.99. The van der Waals surface area contributed by atoms with Crippen LogP contribution in [0.25, 0.3) is 0 Å². The molecule has 29 heavy (non-hydrogen) atoms. The van der Waals surface area contributed by atoms with E-state index in [0.29, 0.717) is 56.7 Å². The number of rotatable bonds is 3. The highest BCUT2D eigenvalue weighted by atomic mass is 16.6. The van der Waals surface area contributed by atoms with Crippen molar-refractivity contribution in [3.63, 3.8) is 0 Å². The van der Waals surface area contributed by atoms with Gasteiger partial charge in [0.15, 0.2) is 5.78 Å². The first-order valence-corrected chi connectivity index (χ1v) is 9.56. The van der Waals surface area contributed by atoms with Crippen molar-refractivity contribution in [2.24, 2.45) is 5.73 Å². The first-order chi connectivity index (χ1) is 14.0. The van der Waals surface area contributed by atoms with Gasteiger partial charge in [-0.05, 0) is 18.4 Å². The SMILES string of the molecule is N#CC1=C(N)N(N2CCOCC2)C2=C(C(=O)CCC2)C1c1cccc([N+](=O)[O-])c1. The molecule has 9 nitrogen and oxygen atoms in total. The lowest BCUT2D eigenvalue weighted by molar-refractivity contribution is -0.384. The third-order valence-corrected chi connectivity index (χ3v) is 5.57. The Labute approximate surface area is 167 Å². The van der Waals surface area contributed by atoms with Gasteiger partial charge >= 0.3 is 0 Å². The molecule has 0 spiro atoms. The minimum atomic E-state index is -0.694. The number of nitriles is 1. The van der Waals surface area contributed by atoms with E-state index in [0.717, 1.165) is 5.70 Å². The van der Waals surface area contributed by atoms with Crippen molar-refractivity contribution in [2.75, 3.05) is 26.3 Å². The largest absolute Gasteiger partial charge is 0.383 e. The predicted molar refractivity (Wildman–Crippen MR) is 103 cm³/mol. The minimum absolute atomic E-state index is 0.0405. The number of hydrogen-bond donors (Lipinski definition) is 1. The van der Waals surface area contributed by atoms with Gasteiger partial charge in [0.2, 0.25) is 0 Å². The van der Waals surface area contributed by atoms with Crippen LogP contribution in [0.2, 0.25) is 0 Å². The Bertz CT molecular complexity index is 971. The van der Waals surface area contributed by atoms with Crippen LogP contribution < -0.4 is 5.73 Å². The van der Waals surface area contributed by atoms with Crippen molar-refractivity contribution < 1.29 is 14.5 Å². The number of ether oxygens (including phenoxy) is 1. The Morgan fingerprint density at radius 3 is 2.72 bits per heavy atom. The molecule has 2 N–H and O–H groups in total. The Kier molecular flexibility index (Phi) is 5.05. The maximum atomic E-state index is 13.0. The maximum Gasteiger partial charge on any atom is 0.269 e. The summed E-state index contributed by atoms with van der Waals surface area (Å²) in [5, 5.41) is 25.0. The quantitative estimate of drug-likeness (QED) is 0.608. The number of hydrazine groups is 1. The third kappa shape index (κ3) is 3.26. The number of hydrogen-bond acceptors (Lipinski definition) is 8. The third-order valence-electron chi connectivity index (χ3n) is 5.57. The molecule has 2 aliphatic heterocycles. The number of non-ortho nitro benzene ring substituents is 1. The molecule has 150 valence electrons. The van der Waals surface area contributed by atoms with Crippen LogP contribution in [0.3, 0.4) is 0 Å². The second-order valence-electron chi connectivity index (χ2n) is 7.21. The lowest BCUT2D eigenvalue weighted by Gasteiger charge is -2.45. The molecule has 0 saturated carbocycles. The Hall–Kier alpha value is -3.22. The maximum absolute atomic E-state index is 13.0. The summed E-state index contributed by atoms with van der Waals surface area (Å²) in [5.74, 6) is -0.458. The van der Waals surface area contributed by atoms with E-state index in [2.05, 4.69) is 6.07 Å². The van der Waals surface area contributed by atoms with E-state index < -0.39 is 10.8 Å². The van der Waals surface area contributed by atoms with Crippen LogP contribution in [-0.2, 0) is 9.53 Å². The number of Topliss-reactive ketones (excluding diaryl/α,β-unsaturated/α-hetero) is 1.